The van der Waals surface area contributed by atoms with Crippen molar-refractivity contribution in [2.45, 2.75) is 19.1 Å². The van der Waals surface area contributed by atoms with Crippen molar-refractivity contribution in [1.82, 2.24) is 9.78 Å². The summed E-state index contributed by atoms with van der Waals surface area (Å²) >= 11 is 1.67. The third-order valence-corrected chi connectivity index (χ3v) is 3.94. The number of hydrogen-bond donors (Lipinski definition) is 1. The molecule has 0 aromatic carbocycles. The number of thiophene rings is 1. The molecule has 3 rings (SSSR count). The third kappa shape index (κ3) is 1.28. The second kappa shape index (κ2) is 3.33. The summed E-state index contributed by atoms with van der Waals surface area (Å²) in [6, 6.07) is -0.0311. The molecule has 2 aromatic rings. The zero-order valence-corrected chi connectivity index (χ0v) is 9.99. The Hall–Kier alpha value is -1.33. The summed E-state index contributed by atoms with van der Waals surface area (Å²) in [5.41, 5.74) is 8.38. The number of fused-ring (bicyclic) bond motifs is 1. The second-order valence-corrected chi connectivity index (χ2v) is 4.97. The Morgan fingerprint density at radius 1 is 1.56 bits per heavy atom. The first-order valence-corrected chi connectivity index (χ1v) is 6.07. The lowest BCUT2D eigenvalue weighted by molar-refractivity contribution is 0.228. The normalized spacial score (nSPS) is 23.2. The lowest BCUT2D eigenvalue weighted by atomic mass is 10.0. The molecule has 2 atom stereocenters. The maximum Gasteiger partial charge on any atom is 0.136 e. The van der Waals surface area contributed by atoms with Crippen molar-refractivity contribution in [2.75, 3.05) is 0 Å². The fraction of sp³-hybridized carbons (Fsp3) is 0.364. The van der Waals surface area contributed by atoms with Crippen LogP contribution < -0.4 is 10.5 Å². The number of ether oxygens (including phenoxy) is 1. The van der Waals surface area contributed by atoms with Gasteiger partial charge in [0, 0.05) is 34.6 Å². The minimum atomic E-state index is -0.0311. The standard InChI is InChI=1S/C11H13N3OS/c1-6-10(12)9-8(15-6)5-16-11(9)7-3-13-14(2)4-7/h3-6,10H,12H2,1-2H3. The van der Waals surface area contributed by atoms with Gasteiger partial charge >= 0.3 is 0 Å². The molecule has 0 saturated carbocycles. The fourth-order valence-electron chi connectivity index (χ4n) is 2.03. The molecule has 1 aliphatic heterocycles. The molecule has 3 heterocycles. The lowest BCUT2D eigenvalue weighted by Gasteiger charge is -2.09. The number of aromatic nitrogens is 2. The molecule has 0 saturated heterocycles. The third-order valence-electron chi connectivity index (χ3n) is 2.91. The SMILES string of the molecule is CC1Oc2csc(-c3cnn(C)c3)c2C1N. The molecule has 2 N–H and O–H groups in total. The van der Waals surface area contributed by atoms with Crippen LogP contribution in [0.2, 0.25) is 0 Å². The minimum absolute atomic E-state index is 0.0311. The second-order valence-electron chi connectivity index (χ2n) is 4.09. The summed E-state index contributed by atoms with van der Waals surface area (Å²) in [6.07, 6.45) is 3.93. The molecule has 84 valence electrons. The van der Waals surface area contributed by atoms with E-state index in [9.17, 15) is 0 Å². The van der Waals surface area contributed by atoms with Crippen LogP contribution in [0.5, 0.6) is 5.75 Å². The van der Waals surface area contributed by atoms with Gasteiger partial charge in [-0.25, -0.2) is 0 Å². The molecular formula is C11H13N3OS. The first-order valence-electron chi connectivity index (χ1n) is 5.19. The van der Waals surface area contributed by atoms with Crippen LogP contribution in [0.1, 0.15) is 18.5 Å². The van der Waals surface area contributed by atoms with Crippen LogP contribution in [0, 0.1) is 0 Å². The van der Waals surface area contributed by atoms with Crippen LogP contribution in [0.4, 0.5) is 0 Å². The van der Waals surface area contributed by atoms with E-state index in [4.69, 9.17) is 10.5 Å². The van der Waals surface area contributed by atoms with Crippen molar-refractivity contribution in [1.29, 1.82) is 0 Å². The Kier molecular flexibility index (Phi) is 2.05. The van der Waals surface area contributed by atoms with Crippen LogP contribution in [-0.2, 0) is 7.05 Å². The first kappa shape index (κ1) is 9.86. The highest BCUT2D eigenvalue weighted by Gasteiger charge is 2.32. The van der Waals surface area contributed by atoms with Crippen molar-refractivity contribution in [3.63, 3.8) is 0 Å². The summed E-state index contributed by atoms with van der Waals surface area (Å²) in [6.45, 7) is 2.00. The molecule has 0 spiro atoms. The van der Waals surface area contributed by atoms with E-state index in [0.717, 1.165) is 16.9 Å². The number of nitrogens with two attached hydrogens (primary N) is 1. The van der Waals surface area contributed by atoms with Gasteiger partial charge in [0.25, 0.3) is 0 Å². The molecule has 2 unspecified atom stereocenters. The Morgan fingerprint density at radius 2 is 2.38 bits per heavy atom. The lowest BCUT2D eigenvalue weighted by Crippen LogP contribution is -2.21. The topological polar surface area (TPSA) is 53.1 Å². The summed E-state index contributed by atoms with van der Waals surface area (Å²) in [4.78, 5) is 1.18. The minimum Gasteiger partial charge on any atom is -0.487 e. The summed E-state index contributed by atoms with van der Waals surface area (Å²) < 4.78 is 7.48. The molecule has 0 amide bonds. The highest BCUT2D eigenvalue weighted by Crippen LogP contribution is 2.46. The quantitative estimate of drug-likeness (QED) is 0.821. The Labute approximate surface area is 97.6 Å². The van der Waals surface area contributed by atoms with Gasteiger partial charge < -0.3 is 10.5 Å². The first-order chi connectivity index (χ1) is 7.66. The van der Waals surface area contributed by atoms with Crippen molar-refractivity contribution in [2.24, 2.45) is 12.8 Å². The van der Waals surface area contributed by atoms with Gasteiger partial charge in [-0.15, -0.1) is 11.3 Å². The molecule has 16 heavy (non-hydrogen) atoms. The largest absolute Gasteiger partial charge is 0.487 e. The molecule has 1 aliphatic rings. The van der Waals surface area contributed by atoms with Crippen LogP contribution >= 0.6 is 11.3 Å². The predicted octanol–water partition coefficient (Wildman–Crippen LogP) is 1.93. The van der Waals surface area contributed by atoms with E-state index in [1.165, 1.54) is 4.88 Å². The van der Waals surface area contributed by atoms with E-state index >= 15 is 0 Å². The van der Waals surface area contributed by atoms with E-state index in [1.54, 1.807) is 16.0 Å². The number of nitrogens with zero attached hydrogens (tertiary/aromatic N) is 2. The molecule has 0 radical (unpaired) electrons. The molecule has 2 aromatic heterocycles. The van der Waals surface area contributed by atoms with Gasteiger partial charge in [0.1, 0.15) is 11.9 Å². The molecule has 0 aliphatic carbocycles. The average Bonchev–Trinajstić information content (AvgIpc) is 2.88. The van der Waals surface area contributed by atoms with Crippen LogP contribution in [0.15, 0.2) is 17.8 Å². The zero-order valence-electron chi connectivity index (χ0n) is 9.18. The van der Waals surface area contributed by atoms with Crippen LogP contribution in [-0.4, -0.2) is 15.9 Å². The van der Waals surface area contributed by atoms with Crippen molar-refractivity contribution < 1.29 is 4.74 Å². The summed E-state index contributed by atoms with van der Waals surface area (Å²) in [5.74, 6) is 0.934. The smallest absolute Gasteiger partial charge is 0.136 e. The van der Waals surface area contributed by atoms with Crippen molar-refractivity contribution in [3.8, 4) is 16.2 Å². The molecule has 0 bridgehead atoms. The average molecular weight is 235 g/mol. The Balaban J connectivity index is 2.11. The summed E-state index contributed by atoms with van der Waals surface area (Å²) in [5, 5.41) is 6.21. The van der Waals surface area contributed by atoms with Gasteiger partial charge in [-0.3, -0.25) is 4.68 Å². The number of rotatable bonds is 1. The summed E-state index contributed by atoms with van der Waals surface area (Å²) in [7, 11) is 1.91. The molecular weight excluding hydrogens is 222 g/mol. The van der Waals surface area contributed by atoms with Gasteiger partial charge in [0.15, 0.2) is 0 Å². The van der Waals surface area contributed by atoms with Gasteiger partial charge in [-0.2, -0.15) is 5.10 Å². The Bertz CT molecular complexity index is 531. The van der Waals surface area contributed by atoms with Crippen molar-refractivity contribution >= 4 is 11.3 Å². The maximum absolute atomic E-state index is 6.13. The predicted molar refractivity (Wildman–Crippen MR) is 63.5 cm³/mol. The van der Waals surface area contributed by atoms with E-state index in [0.29, 0.717) is 0 Å². The van der Waals surface area contributed by atoms with E-state index in [-0.39, 0.29) is 12.1 Å². The van der Waals surface area contributed by atoms with Gasteiger partial charge in [0.05, 0.1) is 12.2 Å². The monoisotopic (exact) mass is 235 g/mol. The Morgan fingerprint density at radius 3 is 3.06 bits per heavy atom. The van der Waals surface area contributed by atoms with Gasteiger partial charge in [0.2, 0.25) is 0 Å². The molecule has 0 fully saturated rings. The van der Waals surface area contributed by atoms with E-state index in [1.807, 2.05) is 31.7 Å². The molecule has 5 heteroatoms. The highest BCUT2D eigenvalue weighted by molar-refractivity contribution is 7.14. The molecule has 4 nitrogen and oxygen atoms in total. The van der Waals surface area contributed by atoms with Gasteiger partial charge in [-0.1, -0.05) is 0 Å². The van der Waals surface area contributed by atoms with Gasteiger partial charge in [-0.05, 0) is 6.92 Å². The zero-order chi connectivity index (χ0) is 11.3. The number of aryl methyl sites for hydroxylation is 1. The maximum atomic E-state index is 6.13. The van der Waals surface area contributed by atoms with E-state index in [2.05, 4.69) is 5.10 Å². The van der Waals surface area contributed by atoms with Crippen molar-refractivity contribution in [3.05, 3.63) is 23.3 Å². The fourth-order valence-corrected chi connectivity index (χ4v) is 3.04. The number of hydrogen-bond acceptors (Lipinski definition) is 4. The van der Waals surface area contributed by atoms with E-state index < -0.39 is 0 Å². The van der Waals surface area contributed by atoms with Crippen LogP contribution in [0.25, 0.3) is 10.4 Å². The van der Waals surface area contributed by atoms with Crippen LogP contribution in [0.3, 0.4) is 0 Å². The highest BCUT2D eigenvalue weighted by atomic mass is 32.1.